The normalized spacial score (nSPS) is 20.7. The van der Waals surface area contributed by atoms with Gasteiger partial charge in [0.1, 0.15) is 0 Å². The fourth-order valence-electron chi connectivity index (χ4n) is 1.54. The number of nitrogens with two attached hydrogens (primary N) is 2. The van der Waals surface area contributed by atoms with E-state index in [2.05, 4.69) is 0 Å². The average molecular weight is 214 g/mol. The second kappa shape index (κ2) is 5.47. The first-order valence-electron chi connectivity index (χ1n) is 5.69. The lowest BCUT2D eigenvalue weighted by molar-refractivity contribution is -0.123. The van der Waals surface area contributed by atoms with E-state index in [1.165, 1.54) is 19.3 Å². The van der Waals surface area contributed by atoms with Gasteiger partial charge in [0.15, 0.2) is 0 Å². The van der Waals surface area contributed by atoms with Gasteiger partial charge in [-0.3, -0.25) is 4.79 Å². The van der Waals surface area contributed by atoms with Crippen molar-refractivity contribution in [1.29, 1.82) is 0 Å². The molecule has 0 bridgehead atoms. The molecular formula is C11H22N2O2. The highest BCUT2D eigenvalue weighted by atomic mass is 16.5. The maximum absolute atomic E-state index is 10.9. The Bertz CT molecular complexity index is 213. The predicted octanol–water partition coefficient (Wildman–Crippen LogP) is 0.786. The van der Waals surface area contributed by atoms with Crippen molar-refractivity contribution in [3.05, 3.63) is 0 Å². The van der Waals surface area contributed by atoms with Crippen LogP contribution in [-0.2, 0) is 9.53 Å². The monoisotopic (exact) mass is 214 g/mol. The SMILES string of the molecule is CC(N)(CCOCCC1CCC1)C(N)=O. The predicted molar refractivity (Wildman–Crippen MR) is 59.2 cm³/mol. The zero-order chi connectivity index (χ0) is 11.3. The van der Waals surface area contributed by atoms with Gasteiger partial charge in [0.25, 0.3) is 0 Å². The van der Waals surface area contributed by atoms with Crippen molar-refractivity contribution in [2.24, 2.45) is 17.4 Å². The van der Waals surface area contributed by atoms with Crippen LogP contribution in [0.15, 0.2) is 0 Å². The molecule has 1 fully saturated rings. The Morgan fingerprint density at radius 2 is 2.13 bits per heavy atom. The minimum Gasteiger partial charge on any atom is -0.381 e. The maximum atomic E-state index is 10.9. The average Bonchev–Trinajstić information content (AvgIpc) is 2.07. The standard InChI is InChI=1S/C11H22N2O2/c1-11(13,10(12)14)6-8-15-7-5-9-3-2-4-9/h9H,2-8,13H2,1H3,(H2,12,14). The van der Waals surface area contributed by atoms with E-state index in [0.717, 1.165) is 18.9 Å². The molecule has 1 amide bonds. The lowest BCUT2D eigenvalue weighted by Crippen LogP contribution is -2.50. The molecule has 0 spiro atoms. The largest absolute Gasteiger partial charge is 0.381 e. The number of hydrogen-bond acceptors (Lipinski definition) is 3. The summed E-state index contributed by atoms with van der Waals surface area (Å²) in [5, 5.41) is 0. The van der Waals surface area contributed by atoms with Gasteiger partial charge in [-0.15, -0.1) is 0 Å². The summed E-state index contributed by atoms with van der Waals surface area (Å²) < 4.78 is 5.44. The molecule has 0 heterocycles. The highest BCUT2D eigenvalue weighted by Gasteiger charge is 2.25. The Hall–Kier alpha value is -0.610. The van der Waals surface area contributed by atoms with Crippen molar-refractivity contribution in [2.45, 2.75) is 44.6 Å². The third kappa shape index (κ3) is 4.18. The smallest absolute Gasteiger partial charge is 0.237 e. The van der Waals surface area contributed by atoms with Gasteiger partial charge in [-0.2, -0.15) is 0 Å². The minimum atomic E-state index is -0.934. The summed E-state index contributed by atoms with van der Waals surface area (Å²) >= 11 is 0. The molecule has 88 valence electrons. The van der Waals surface area contributed by atoms with Crippen molar-refractivity contribution >= 4 is 5.91 Å². The quantitative estimate of drug-likeness (QED) is 0.615. The van der Waals surface area contributed by atoms with E-state index in [9.17, 15) is 4.79 Å². The first kappa shape index (κ1) is 12.5. The summed E-state index contributed by atoms with van der Waals surface area (Å²) in [7, 11) is 0. The number of ether oxygens (including phenoxy) is 1. The third-order valence-corrected chi connectivity index (χ3v) is 3.22. The van der Waals surface area contributed by atoms with Gasteiger partial charge in [-0.25, -0.2) is 0 Å². The van der Waals surface area contributed by atoms with Crippen molar-refractivity contribution < 1.29 is 9.53 Å². The van der Waals surface area contributed by atoms with Gasteiger partial charge in [-0.05, 0) is 25.7 Å². The highest BCUT2D eigenvalue weighted by Crippen LogP contribution is 2.29. The molecule has 15 heavy (non-hydrogen) atoms. The molecule has 1 atom stereocenters. The molecule has 1 unspecified atom stereocenters. The molecule has 0 aliphatic heterocycles. The van der Waals surface area contributed by atoms with Gasteiger partial charge >= 0.3 is 0 Å². The first-order valence-corrected chi connectivity index (χ1v) is 5.69. The van der Waals surface area contributed by atoms with Crippen LogP contribution in [0.2, 0.25) is 0 Å². The number of carbonyl (C=O) groups excluding carboxylic acids is 1. The summed E-state index contributed by atoms with van der Waals surface area (Å²) in [6.45, 7) is 2.94. The van der Waals surface area contributed by atoms with Crippen LogP contribution < -0.4 is 11.5 Å². The van der Waals surface area contributed by atoms with E-state index in [-0.39, 0.29) is 0 Å². The van der Waals surface area contributed by atoms with E-state index >= 15 is 0 Å². The maximum Gasteiger partial charge on any atom is 0.237 e. The molecule has 1 saturated carbocycles. The zero-order valence-electron chi connectivity index (χ0n) is 9.50. The van der Waals surface area contributed by atoms with Gasteiger partial charge in [0.2, 0.25) is 5.91 Å². The molecule has 0 aromatic heterocycles. The van der Waals surface area contributed by atoms with Gasteiger partial charge in [0.05, 0.1) is 5.54 Å². The van der Waals surface area contributed by atoms with Crippen LogP contribution in [0, 0.1) is 5.92 Å². The van der Waals surface area contributed by atoms with Crippen molar-refractivity contribution in [2.75, 3.05) is 13.2 Å². The molecule has 4 N–H and O–H groups in total. The van der Waals surface area contributed by atoms with Crippen LogP contribution >= 0.6 is 0 Å². The molecular weight excluding hydrogens is 192 g/mol. The molecule has 1 aliphatic carbocycles. The van der Waals surface area contributed by atoms with E-state index in [4.69, 9.17) is 16.2 Å². The Morgan fingerprint density at radius 3 is 2.60 bits per heavy atom. The number of primary amides is 1. The van der Waals surface area contributed by atoms with Gasteiger partial charge in [0, 0.05) is 13.2 Å². The van der Waals surface area contributed by atoms with Crippen LogP contribution in [0.25, 0.3) is 0 Å². The van der Waals surface area contributed by atoms with Crippen LogP contribution in [0.5, 0.6) is 0 Å². The van der Waals surface area contributed by atoms with Gasteiger partial charge < -0.3 is 16.2 Å². The molecule has 0 radical (unpaired) electrons. The summed E-state index contributed by atoms with van der Waals surface area (Å²) in [6, 6.07) is 0. The topological polar surface area (TPSA) is 78.3 Å². The molecule has 1 rings (SSSR count). The lowest BCUT2D eigenvalue weighted by atomic mass is 9.83. The Labute approximate surface area is 91.3 Å². The molecule has 4 heteroatoms. The van der Waals surface area contributed by atoms with E-state index < -0.39 is 11.4 Å². The Balaban J connectivity index is 1.98. The van der Waals surface area contributed by atoms with E-state index in [1.807, 2.05) is 0 Å². The lowest BCUT2D eigenvalue weighted by Gasteiger charge is -2.25. The van der Waals surface area contributed by atoms with Crippen LogP contribution in [0.1, 0.15) is 39.0 Å². The highest BCUT2D eigenvalue weighted by molar-refractivity contribution is 5.83. The summed E-state index contributed by atoms with van der Waals surface area (Å²) in [6.07, 6.45) is 5.69. The Morgan fingerprint density at radius 1 is 1.47 bits per heavy atom. The number of rotatable bonds is 7. The minimum absolute atomic E-state index is 0.468. The Kier molecular flexibility index (Phi) is 4.54. The first-order chi connectivity index (χ1) is 7.02. The van der Waals surface area contributed by atoms with Crippen molar-refractivity contribution in [1.82, 2.24) is 0 Å². The molecule has 4 nitrogen and oxygen atoms in total. The second-order valence-corrected chi connectivity index (χ2v) is 4.73. The number of amides is 1. The zero-order valence-corrected chi connectivity index (χ0v) is 9.50. The van der Waals surface area contributed by atoms with Crippen molar-refractivity contribution in [3.63, 3.8) is 0 Å². The number of carbonyl (C=O) groups is 1. The van der Waals surface area contributed by atoms with E-state index in [0.29, 0.717) is 13.0 Å². The fourth-order valence-corrected chi connectivity index (χ4v) is 1.54. The third-order valence-electron chi connectivity index (χ3n) is 3.22. The van der Waals surface area contributed by atoms with Crippen LogP contribution in [0.4, 0.5) is 0 Å². The summed E-state index contributed by atoms with van der Waals surface area (Å²) in [5.74, 6) is 0.399. The number of hydrogen-bond donors (Lipinski definition) is 2. The van der Waals surface area contributed by atoms with Crippen LogP contribution in [-0.4, -0.2) is 24.7 Å². The summed E-state index contributed by atoms with van der Waals surface area (Å²) in [5.41, 5.74) is 9.89. The molecule has 1 aliphatic rings. The fraction of sp³-hybridized carbons (Fsp3) is 0.909. The van der Waals surface area contributed by atoms with Crippen molar-refractivity contribution in [3.8, 4) is 0 Å². The molecule has 0 saturated heterocycles. The van der Waals surface area contributed by atoms with Gasteiger partial charge in [-0.1, -0.05) is 19.3 Å². The second-order valence-electron chi connectivity index (χ2n) is 4.73. The van der Waals surface area contributed by atoms with Crippen LogP contribution in [0.3, 0.4) is 0 Å². The summed E-state index contributed by atoms with van der Waals surface area (Å²) in [4.78, 5) is 10.9. The molecule has 0 aromatic rings. The van der Waals surface area contributed by atoms with E-state index in [1.54, 1.807) is 6.92 Å². The molecule has 0 aromatic carbocycles.